The highest BCUT2D eigenvalue weighted by Crippen LogP contribution is 1.97. The van der Waals surface area contributed by atoms with Gasteiger partial charge in [0.1, 0.15) is 0 Å². The van der Waals surface area contributed by atoms with Crippen LogP contribution in [-0.4, -0.2) is 24.9 Å². The Balaban J connectivity index is 0.000000220. The fraction of sp³-hybridized carbons (Fsp3) is 0.222. The number of carbonyl (C=O) groups excluding carboxylic acids is 2. The van der Waals surface area contributed by atoms with Gasteiger partial charge in [-0.3, -0.25) is 9.59 Å². The third-order valence-corrected chi connectivity index (χ3v) is 2.75. The van der Waals surface area contributed by atoms with Gasteiger partial charge in [0.2, 0.25) is 0 Å². The zero-order valence-corrected chi connectivity index (χ0v) is 13.0. The Morgan fingerprint density at radius 3 is 1.27 bits per heavy atom. The molecule has 0 saturated heterocycles. The molecule has 0 spiro atoms. The summed E-state index contributed by atoms with van der Waals surface area (Å²) in [5.41, 5.74) is 1.43. The van der Waals surface area contributed by atoms with E-state index < -0.39 is 0 Å². The van der Waals surface area contributed by atoms with E-state index in [1.54, 1.807) is 24.3 Å². The van der Waals surface area contributed by atoms with Gasteiger partial charge >= 0.3 is 0 Å². The number of benzene rings is 2. The molecule has 4 nitrogen and oxygen atoms in total. The molecule has 0 unspecified atom stereocenters. The molecule has 0 heterocycles. The molecule has 4 heteroatoms. The molecule has 2 aromatic rings. The van der Waals surface area contributed by atoms with E-state index in [2.05, 4.69) is 10.6 Å². The Kier molecular flexibility index (Phi) is 8.05. The number of amides is 2. The van der Waals surface area contributed by atoms with E-state index in [1.807, 2.05) is 50.2 Å². The van der Waals surface area contributed by atoms with Crippen molar-refractivity contribution in [3.05, 3.63) is 71.8 Å². The van der Waals surface area contributed by atoms with Crippen molar-refractivity contribution in [2.24, 2.45) is 0 Å². The summed E-state index contributed by atoms with van der Waals surface area (Å²) in [6, 6.07) is 18.4. The van der Waals surface area contributed by atoms with Crippen LogP contribution in [0.4, 0.5) is 0 Å². The van der Waals surface area contributed by atoms with Crippen molar-refractivity contribution in [1.29, 1.82) is 0 Å². The molecule has 0 aromatic heterocycles. The van der Waals surface area contributed by atoms with Gasteiger partial charge in [0.05, 0.1) is 0 Å². The van der Waals surface area contributed by atoms with Crippen LogP contribution in [0.2, 0.25) is 0 Å². The van der Waals surface area contributed by atoms with Crippen molar-refractivity contribution in [2.45, 2.75) is 13.8 Å². The molecule has 0 aliphatic heterocycles. The van der Waals surface area contributed by atoms with E-state index in [1.165, 1.54) is 0 Å². The molecule has 0 bridgehead atoms. The number of carbonyl (C=O) groups is 2. The van der Waals surface area contributed by atoms with Crippen LogP contribution in [-0.2, 0) is 0 Å². The van der Waals surface area contributed by atoms with Crippen molar-refractivity contribution in [3.63, 3.8) is 0 Å². The third-order valence-electron chi connectivity index (χ3n) is 2.75. The smallest absolute Gasteiger partial charge is 0.251 e. The van der Waals surface area contributed by atoms with E-state index in [0.29, 0.717) is 24.2 Å². The maximum atomic E-state index is 11.1. The van der Waals surface area contributed by atoms with E-state index in [9.17, 15) is 9.59 Å². The molecule has 0 atom stereocenters. The van der Waals surface area contributed by atoms with E-state index >= 15 is 0 Å². The normalized spacial score (nSPS) is 9.18. The summed E-state index contributed by atoms with van der Waals surface area (Å²) in [5, 5.41) is 5.45. The van der Waals surface area contributed by atoms with E-state index in [0.717, 1.165) is 0 Å². The standard InChI is InChI=1S/2C9H11NO/c2*1-2-10-9(11)8-6-4-3-5-7-8/h2*3-7H,2H2,1H3,(H,10,11). The van der Waals surface area contributed by atoms with Crippen LogP contribution < -0.4 is 10.6 Å². The Morgan fingerprint density at radius 2 is 1.00 bits per heavy atom. The number of hydrogen-bond donors (Lipinski definition) is 2. The van der Waals surface area contributed by atoms with Crippen LogP contribution in [0, 0.1) is 0 Å². The molecule has 2 rings (SSSR count). The predicted molar refractivity (Wildman–Crippen MR) is 88.9 cm³/mol. The molecular formula is C18H22N2O2. The van der Waals surface area contributed by atoms with Crippen LogP contribution in [0.15, 0.2) is 60.7 Å². The van der Waals surface area contributed by atoms with E-state index in [4.69, 9.17) is 0 Å². The van der Waals surface area contributed by atoms with Gasteiger partial charge in [-0.2, -0.15) is 0 Å². The average molecular weight is 298 g/mol. The summed E-state index contributed by atoms with van der Waals surface area (Å²) in [6.45, 7) is 5.16. The number of hydrogen-bond acceptors (Lipinski definition) is 2. The highest BCUT2D eigenvalue weighted by atomic mass is 16.2. The highest BCUT2D eigenvalue weighted by molar-refractivity contribution is 5.94. The van der Waals surface area contributed by atoms with Crippen molar-refractivity contribution in [2.75, 3.05) is 13.1 Å². The molecule has 22 heavy (non-hydrogen) atoms. The second kappa shape index (κ2) is 10.2. The minimum absolute atomic E-state index is 0.00639. The van der Waals surface area contributed by atoms with Gasteiger partial charge in [-0.15, -0.1) is 0 Å². The molecule has 116 valence electrons. The molecule has 0 fully saturated rings. The van der Waals surface area contributed by atoms with Crippen molar-refractivity contribution < 1.29 is 9.59 Å². The number of nitrogens with one attached hydrogen (secondary N) is 2. The zero-order valence-electron chi connectivity index (χ0n) is 13.0. The lowest BCUT2D eigenvalue weighted by molar-refractivity contribution is 0.0947. The first-order chi connectivity index (χ1) is 10.7. The zero-order chi connectivity index (χ0) is 16.2. The maximum absolute atomic E-state index is 11.1. The quantitative estimate of drug-likeness (QED) is 0.912. The summed E-state index contributed by atoms with van der Waals surface area (Å²) in [4.78, 5) is 22.3. The van der Waals surface area contributed by atoms with Gasteiger partial charge in [-0.1, -0.05) is 36.4 Å². The minimum atomic E-state index is -0.00639. The summed E-state index contributed by atoms with van der Waals surface area (Å²) >= 11 is 0. The monoisotopic (exact) mass is 298 g/mol. The van der Waals surface area contributed by atoms with Crippen LogP contribution >= 0.6 is 0 Å². The molecule has 2 aromatic carbocycles. The van der Waals surface area contributed by atoms with Gasteiger partial charge in [-0.25, -0.2) is 0 Å². The van der Waals surface area contributed by atoms with Crippen LogP contribution in [0.3, 0.4) is 0 Å². The molecule has 2 N–H and O–H groups in total. The van der Waals surface area contributed by atoms with Gasteiger partial charge in [0.25, 0.3) is 11.8 Å². The van der Waals surface area contributed by atoms with Gasteiger partial charge in [0.15, 0.2) is 0 Å². The van der Waals surface area contributed by atoms with Crippen molar-refractivity contribution in [3.8, 4) is 0 Å². The largest absolute Gasteiger partial charge is 0.352 e. The molecular weight excluding hydrogens is 276 g/mol. The molecule has 2 amide bonds. The first-order valence-electron chi connectivity index (χ1n) is 7.35. The number of rotatable bonds is 4. The molecule has 0 aliphatic rings. The van der Waals surface area contributed by atoms with Crippen molar-refractivity contribution in [1.82, 2.24) is 10.6 Å². The summed E-state index contributed by atoms with van der Waals surface area (Å²) in [7, 11) is 0. The lowest BCUT2D eigenvalue weighted by Gasteiger charge is -1.99. The predicted octanol–water partition coefficient (Wildman–Crippen LogP) is 2.87. The fourth-order valence-electron chi connectivity index (χ4n) is 1.70. The third kappa shape index (κ3) is 6.22. The summed E-state index contributed by atoms with van der Waals surface area (Å²) in [6.07, 6.45) is 0. The Labute approximate surface area is 131 Å². The molecule has 0 saturated carbocycles. The SMILES string of the molecule is CCNC(=O)c1ccccc1.CCNC(=O)c1ccccc1. The lowest BCUT2D eigenvalue weighted by atomic mass is 10.2. The minimum Gasteiger partial charge on any atom is -0.352 e. The maximum Gasteiger partial charge on any atom is 0.251 e. The van der Waals surface area contributed by atoms with Crippen molar-refractivity contribution >= 4 is 11.8 Å². The second-order valence-electron chi connectivity index (χ2n) is 4.45. The first kappa shape index (κ1) is 17.4. The average Bonchev–Trinajstić information content (AvgIpc) is 2.57. The lowest BCUT2D eigenvalue weighted by Crippen LogP contribution is -2.22. The molecule has 0 radical (unpaired) electrons. The Hall–Kier alpha value is -2.62. The summed E-state index contributed by atoms with van der Waals surface area (Å²) < 4.78 is 0. The van der Waals surface area contributed by atoms with Gasteiger partial charge in [0, 0.05) is 24.2 Å². The van der Waals surface area contributed by atoms with Crippen LogP contribution in [0.5, 0.6) is 0 Å². The topological polar surface area (TPSA) is 58.2 Å². The second-order valence-corrected chi connectivity index (χ2v) is 4.45. The molecule has 0 aliphatic carbocycles. The highest BCUT2D eigenvalue weighted by Gasteiger charge is 2.00. The Bertz CT molecular complexity index is 515. The van der Waals surface area contributed by atoms with Crippen LogP contribution in [0.1, 0.15) is 34.6 Å². The fourth-order valence-corrected chi connectivity index (χ4v) is 1.70. The Morgan fingerprint density at radius 1 is 0.682 bits per heavy atom. The van der Waals surface area contributed by atoms with Gasteiger partial charge < -0.3 is 10.6 Å². The van der Waals surface area contributed by atoms with Gasteiger partial charge in [-0.05, 0) is 38.1 Å². The van der Waals surface area contributed by atoms with Crippen LogP contribution in [0.25, 0.3) is 0 Å². The summed E-state index contributed by atoms with van der Waals surface area (Å²) in [5.74, 6) is -0.0128. The first-order valence-corrected chi connectivity index (χ1v) is 7.35. The van der Waals surface area contributed by atoms with E-state index in [-0.39, 0.29) is 11.8 Å².